The number of nitrogens with zero attached hydrogens (tertiary/aromatic N) is 2. The maximum Gasteiger partial charge on any atom is 0.192 e. The molecule has 2 aromatic rings. The van der Waals surface area contributed by atoms with E-state index < -0.39 is 11.6 Å². The Kier molecular flexibility index (Phi) is 3.56. The zero-order valence-electron chi connectivity index (χ0n) is 9.55. The molecule has 1 aromatic carbocycles. The zero-order chi connectivity index (χ0) is 13.8. The van der Waals surface area contributed by atoms with Crippen molar-refractivity contribution in [3.63, 3.8) is 0 Å². The van der Waals surface area contributed by atoms with Gasteiger partial charge in [-0.05, 0) is 24.3 Å². The number of benzene rings is 1. The van der Waals surface area contributed by atoms with E-state index in [1.807, 2.05) is 0 Å². The maximum absolute atomic E-state index is 13.0. The normalized spacial score (nSPS) is 11.4. The highest BCUT2D eigenvalue weighted by Gasteiger charge is 2.11. The van der Waals surface area contributed by atoms with Gasteiger partial charge in [0.05, 0.1) is 0 Å². The van der Waals surface area contributed by atoms with Crippen LogP contribution in [0.15, 0.2) is 41.7 Å². The molecule has 7 heteroatoms. The number of aromatic nitrogens is 1. The third-order valence-electron chi connectivity index (χ3n) is 2.24. The molecule has 0 radical (unpaired) electrons. The van der Waals surface area contributed by atoms with Crippen LogP contribution in [-0.2, 0) is 0 Å². The van der Waals surface area contributed by atoms with Crippen LogP contribution in [0.3, 0.4) is 0 Å². The van der Waals surface area contributed by atoms with E-state index in [4.69, 9.17) is 15.7 Å². The molecule has 0 amide bonds. The first-order valence-electron chi connectivity index (χ1n) is 5.17. The SMILES string of the molecule is N/C(=N/O)c1ncccc1Oc1ccc(F)c(F)c1. The van der Waals surface area contributed by atoms with Gasteiger partial charge in [-0.3, -0.25) is 0 Å². The molecule has 3 N–H and O–H groups in total. The minimum absolute atomic E-state index is 0.0684. The Labute approximate surface area is 107 Å². The highest BCUT2D eigenvalue weighted by Crippen LogP contribution is 2.25. The summed E-state index contributed by atoms with van der Waals surface area (Å²) in [5.74, 6) is -2.04. The maximum atomic E-state index is 13.0. The zero-order valence-corrected chi connectivity index (χ0v) is 9.55. The van der Waals surface area contributed by atoms with Crippen LogP contribution in [0.2, 0.25) is 0 Å². The fourth-order valence-corrected chi connectivity index (χ4v) is 1.38. The number of rotatable bonds is 3. The molecular formula is C12H9F2N3O2. The Balaban J connectivity index is 2.35. The summed E-state index contributed by atoms with van der Waals surface area (Å²) >= 11 is 0. The van der Waals surface area contributed by atoms with Crippen LogP contribution < -0.4 is 10.5 Å². The van der Waals surface area contributed by atoms with Crippen molar-refractivity contribution in [3.8, 4) is 11.5 Å². The van der Waals surface area contributed by atoms with Gasteiger partial charge in [0, 0.05) is 12.3 Å². The minimum atomic E-state index is -1.04. The molecule has 1 heterocycles. The van der Waals surface area contributed by atoms with Crippen molar-refractivity contribution >= 4 is 5.84 Å². The molecule has 1 aromatic heterocycles. The van der Waals surface area contributed by atoms with Crippen LogP contribution >= 0.6 is 0 Å². The molecule has 0 aliphatic carbocycles. The summed E-state index contributed by atoms with van der Waals surface area (Å²) in [4.78, 5) is 3.88. The van der Waals surface area contributed by atoms with Crippen molar-refractivity contribution in [2.24, 2.45) is 10.9 Å². The summed E-state index contributed by atoms with van der Waals surface area (Å²) in [5.41, 5.74) is 5.52. The van der Waals surface area contributed by atoms with E-state index in [1.54, 1.807) is 6.07 Å². The van der Waals surface area contributed by atoms with E-state index in [1.165, 1.54) is 18.3 Å². The number of oxime groups is 1. The Morgan fingerprint density at radius 1 is 1.26 bits per heavy atom. The molecule has 0 bridgehead atoms. The summed E-state index contributed by atoms with van der Waals surface area (Å²) in [6.07, 6.45) is 1.42. The fourth-order valence-electron chi connectivity index (χ4n) is 1.38. The Bertz CT molecular complexity index is 632. The van der Waals surface area contributed by atoms with Gasteiger partial charge in [-0.15, -0.1) is 0 Å². The van der Waals surface area contributed by atoms with Gasteiger partial charge in [0.2, 0.25) is 0 Å². The molecule has 19 heavy (non-hydrogen) atoms. The van der Waals surface area contributed by atoms with Gasteiger partial charge < -0.3 is 15.7 Å². The van der Waals surface area contributed by atoms with E-state index in [2.05, 4.69) is 10.1 Å². The van der Waals surface area contributed by atoms with Gasteiger partial charge in [0.15, 0.2) is 28.9 Å². The predicted octanol–water partition coefficient (Wildman–Crippen LogP) is 2.25. The van der Waals surface area contributed by atoms with Crippen molar-refractivity contribution in [1.82, 2.24) is 4.98 Å². The number of pyridine rings is 1. The summed E-state index contributed by atoms with van der Waals surface area (Å²) < 4.78 is 31.2. The van der Waals surface area contributed by atoms with Crippen LogP contribution in [0.25, 0.3) is 0 Å². The summed E-state index contributed by atoms with van der Waals surface area (Å²) in [7, 11) is 0. The lowest BCUT2D eigenvalue weighted by Crippen LogP contribution is -2.15. The molecule has 98 valence electrons. The van der Waals surface area contributed by atoms with Crippen molar-refractivity contribution in [2.75, 3.05) is 0 Å². The van der Waals surface area contributed by atoms with Gasteiger partial charge in [-0.1, -0.05) is 5.16 Å². The first-order valence-corrected chi connectivity index (χ1v) is 5.17. The van der Waals surface area contributed by atoms with Crippen molar-refractivity contribution < 1.29 is 18.7 Å². The highest BCUT2D eigenvalue weighted by molar-refractivity contribution is 5.97. The Morgan fingerprint density at radius 2 is 2.05 bits per heavy atom. The molecule has 5 nitrogen and oxygen atoms in total. The molecule has 0 atom stereocenters. The second-order valence-electron chi connectivity index (χ2n) is 3.51. The van der Waals surface area contributed by atoms with Gasteiger partial charge >= 0.3 is 0 Å². The molecule has 0 aliphatic rings. The van der Waals surface area contributed by atoms with Gasteiger partial charge in [0.1, 0.15) is 5.75 Å². The molecular weight excluding hydrogens is 256 g/mol. The highest BCUT2D eigenvalue weighted by atomic mass is 19.2. The van der Waals surface area contributed by atoms with E-state index in [0.29, 0.717) is 0 Å². The average molecular weight is 265 g/mol. The van der Waals surface area contributed by atoms with Gasteiger partial charge in [-0.25, -0.2) is 13.8 Å². The van der Waals surface area contributed by atoms with Crippen LogP contribution in [0, 0.1) is 11.6 Å². The molecule has 0 saturated carbocycles. The Morgan fingerprint density at radius 3 is 2.74 bits per heavy atom. The fraction of sp³-hybridized carbons (Fsp3) is 0. The first kappa shape index (κ1) is 12.7. The summed E-state index contributed by atoms with van der Waals surface area (Å²) in [6, 6.07) is 6.13. The number of amidine groups is 1. The third-order valence-corrected chi connectivity index (χ3v) is 2.24. The van der Waals surface area contributed by atoms with E-state index >= 15 is 0 Å². The van der Waals surface area contributed by atoms with Crippen LogP contribution in [-0.4, -0.2) is 16.0 Å². The molecule has 0 fully saturated rings. The van der Waals surface area contributed by atoms with Crippen LogP contribution in [0.1, 0.15) is 5.69 Å². The lowest BCUT2D eigenvalue weighted by atomic mass is 10.3. The van der Waals surface area contributed by atoms with Crippen LogP contribution in [0.4, 0.5) is 8.78 Å². The molecule has 0 spiro atoms. The topological polar surface area (TPSA) is 80.7 Å². The molecule has 2 rings (SSSR count). The van der Waals surface area contributed by atoms with Crippen molar-refractivity contribution in [2.45, 2.75) is 0 Å². The molecule has 0 saturated heterocycles. The number of halogens is 2. The second kappa shape index (κ2) is 5.30. The molecule has 0 unspecified atom stereocenters. The standard InChI is InChI=1S/C12H9F2N3O2/c13-8-4-3-7(6-9(8)14)19-10-2-1-5-16-11(10)12(15)17-18/h1-6,18H,(H2,15,17). The van der Waals surface area contributed by atoms with Crippen LogP contribution in [0.5, 0.6) is 11.5 Å². The summed E-state index contributed by atoms with van der Waals surface area (Å²) in [6.45, 7) is 0. The quantitative estimate of drug-likeness (QED) is 0.386. The van der Waals surface area contributed by atoms with Gasteiger partial charge in [0.25, 0.3) is 0 Å². The van der Waals surface area contributed by atoms with Crippen molar-refractivity contribution in [3.05, 3.63) is 53.9 Å². The van der Waals surface area contributed by atoms with E-state index in [0.717, 1.165) is 12.1 Å². The Hall–Kier alpha value is -2.70. The lowest BCUT2D eigenvalue weighted by Gasteiger charge is -2.09. The monoisotopic (exact) mass is 265 g/mol. The second-order valence-corrected chi connectivity index (χ2v) is 3.51. The number of hydrogen-bond acceptors (Lipinski definition) is 4. The smallest absolute Gasteiger partial charge is 0.192 e. The van der Waals surface area contributed by atoms with E-state index in [9.17, 15) is 8.78 Å². The number of hydrogen-bond donors (Lipinski definition) is 2. The number of nitrogens with two attached hydrogens (primary N) is 1. The number of ether oxygens (including phenoxy) is 1. The first-order chi connectivity index (χ1) is 9.11. The van der Waals surface area contributed by atoms with Crippen molar-refractivity contribution in [1.29, 1.82) is 0 Å². The van der Waals surface area contributed by atoms with Gasteiger partial charge in [-0.2, -0.15) is 0 Å². The largest absolute Gasteiger partial charge is 0.455 e. The third kappa shape index (κ3) is 2.76. The average Bonchev–Trinajstić information content (AvgIpc) is 2.43. The minimum Gasteiger partial charge on any atom is -0.455 e. The predicted molar refractivity (Wildman–Crippen MR) is 63.2 cm³/mol. The summed E-state index contributed by atoms with van der Waals surface area (Å²) in [5, 5.41) is 11.4. The van der Waals surface area contributed by atoms with E-state index in [-0.39, 0.29) is 23.0 Å². The molecule has 0 aliphatic heterocycles. The lowest BCUT2D eigenvalue weighted by molar-refractivity contribution is 0.318.